The van der Waals surface area contributed by atoms with Crippen LogP contribution in [0, 0.1) is 0 Å². The second-order valence-electron chi connectivity index (χ2n) is 6.00. The number of benzene rings is 2. The molecule has 6 nitrogen and oxygen atoms in total. The predicted molar refractivity (Wildman–Crippen MR) is 95.9 cm³/mol. The number of amides is 2. The minimum Gasteiger partial charge on any atom is -0.477 e. The summed E-state index contributed by atoms with van der Waals surface area (Å²) in [6.07, 6.45) is 0.541. The van der Waals surface area contributed by atoms with Crippen molar-refractivity contribution in [3.05, 3.63) is 71.8 Å². The summed E-state index contributed by atoms with van der Waals surface area (Å²) >= 11 is 0. The molecule has 26 heavy (non-hydrogen) atoms. The number of carbonyl (C=O) groups is 2. The second kappa shape index (κ2) is 6.84. The highest BCUT2D eigenvalue weighted by molar-refractivity contribution is 6.21. The van der Waals surface area contributed by atoms with Crippen LogP contribution >= 0.6 is 0 Å². The summed E-state index contributed by atoms with van der Waals surface area (Å²) < 4.78 is 5.62. The van der Waals surface area contributed by atoms with Crippen molar-refractivity contribution in [2.75, 3.05) is 13.2 Å². The zero-order chi connectivity index (χ0) is 17.9. The van der Waals surface area contributed by atoms with Gasteiger partial charge in [-0.2, -0.15) is 0 Å². The van der Waals surface area contributed by atoms with Crippen LogP contribution in [0.5, 0.6) is 5.88 Å². The van der Waals surface area contributed by atoms with Gasteiger partial charge in [0.05, 0.1) is 23.4 Å². The van der Waals surface area contributed by atoms with E-state index in [0.717, 1.165) is 11.3 Å². The third kappa shape index (κ3) is 2.97. The molecule has 1 N–H and O–H groups in total. The second-order valence-corrected chi connectivity index (χ2v) is 6.00. The van der Waals surface area contributed by atoms with Gasteiger partial charge in [0, 0.05) is 12.6 Å². The van der Waals surface area contributed by atoms with Gasteiger partial charge in [0.25, 0.3) is 11.8 Å². The molecular weight excluding hydrogens is 330 g/mol. The van der Waals surface area contributed by atoms with Crippen LogP contribution in [0.4, 0.5) is 0 Å². The summed E-state index contributed by atoms with van der Waals surface area (Å²) in [5, 5.41) is 7.07. The van der Waals surface area contributed by atoms with Gasteiger partial charge in [-0.3, -0.25) is 19.6 Å². The molecule has 0 saturated carbocycles. The molecule has 1 aliphatic rings. The average Bonchev–Trinajstić information content (AvgIpc) is 3.25. The smallest absolute Gasteiger partial charge is 0.261 e. The molecule has 1 aliphatic heterocycles. The van der Waals surface area contributed by atoms with Crippen LogP contribution in [0.25, 0.3) is 11.3 Å². The summed E-state index contributed by atoms with van der Waals surface area (Å²) in [5.41, 5.74) is 2.85. The number of nitrogens with one attached hydrogen (secondary N) is 1. The first-order chi connectivity index (χ1) is 12.7. The SMILES string of the molecule is O=C1c2ccccc2C(=O)N1CCCOc1cc(-c2ccccc2)[nH]n1. The zero-order valence-corrected chi connectivity index (χ0v) is 14.0. The summed E-state index contributed by atoms with van der Waals surface area (Å²) in [5.74, 6) is 0.0136. The number of carbonyl (C=O) groups excluding carboxylic acids is 2. The van der Waals surface area contributed by atoms with Crippen LogP contribution in [0.2, 0.25) is 0 Å². The number of nitrogens with zero attached hydrogens (tertiary/aromatic N) is 2. The maximum Gasteiger partial charge on any atom is 0.261 e. The molecule has 2 amide bonds. The van der Waals surface area contributed by atoms with Gasteiger partial charge < -0.3 is 4.74 Å². The van der Waals surface area contributed by atoms with E-state index in [4.69, 9.17) is 4.74 Å². The van der Waals surface area contributed by atoms with E-state index in [1.54, 1.807) is 24.3 Å². The van der Waals surface area contributed by atoms with Crippen molar-refractivity contribution in [1.29, 1.82) is 0 Å². The van der Waals surface area contributed by atoms with E-state index in [9.17, 15) is 9.59 Å². The molecule has 4 rings (SSSR count). The van der Waals surface area contributed by atoms with Gasteiger partial charge in [0.15, 0.2) is 0 Å². The number of ether oxygens (including phenoxy) is 1. The fourth-order valence-corrected chi connectivity index (χ4v) is 2.98. The zero-order valence-electron chi connectivity index (χ0n) is 14.0. The number of hydrogen-bond acceptors (Lipinski definition) is 4. The molecule has 0 bridgehead atoms. The van der Waals surface area contributed by atoms with Crippen LogP contribution in [0.3, 0.4) is 0 Å². The minimum atomic E-state index is -0.239. The minimum absolute atomic E-state index is 0.239. The third-order valence-corrected chi connectivity index (χ3v) is 4.29. The number of aromatic nitrogens is 2. The topological polar surface area (TPSA) is 75.3 Å². The Morgan fingerprint density at radius 1 is 0.923 bits per heavy atom. The van der Waals surface area contributed by atoms with E-state index < -0.39 is 0 Å². The molecule has 0 spiro atoms. The van der Waals surface area contributed by atoms with E-state index in [0.29, 0.717) is 36.6 Å². The molecule has 6 heteroatoms. The maximum absolute atomic E-state index is 12.3. The van der Waals surface area contributed by atoms with E-state index in [1.807, 2.05) is 36.4 Å². The quantitative estimate of drug-likeness (QED) is 0.549. The van der Waals surface area contributed by atoms with Gasteiger partial charge in [-0.25, -0.2) is 0 Å². The first-order valence-electron chi connectivity index (χ1n) is 8.43. The molecule has 2 aromatic carbocycles. The molecule has 1 aromatic heterocycles. The standard InChI is InChI=1S/C20H17N3O3/c24-19-15-9-4-5-10-16(15)20(25)23(19)11-6-12-26-18-13-17(21-22-18)14-7-2-1-3-8-14/h1-5,7-10,13H,6,11-12H2,(H,21,22). The van der Waals surface area contributed by atoms with Crippen molar-refractivity contribution in [1.82, 2.24) is 15.1 Å². The van der Waals surface area contributed by atoms with Gasteiger partial charge >= 0.3 is 0 Å². The van der Waals surface area contributed by atoms with Crippen LogP contribution in [-0.2, 0) is 0 Å². The normalized spacial score (nSPS) is 13.2. The molecule has 0 fully saturated rings. The Morgan fingerprint density at radius 3 is 2.27 bits per heavy atom. The summed E-state index contributed by atoms with van der Waals surface area (Å²) in [4.78, 5) is 25.8. The monoisotopic (exact) mass is 347 g/mol. The molecule has 3 aromatic rings. The molecular formula is C20H17N3O3. The average molecular weight is 347 g/mol. The number of fused-ring (bicyclic) bond motifs is 1. The number of H-pyrrole nitrogens is 1. The summed E-state index contributed by atoms with van der Waals surface area (Å²) in [6.45, 7) is 0.689. The first kappa shape index (κ1) is 16.1. The Morgan fingerprint density at radius 2 is 1.58 bits per heavy atom. The van der Waals surface area contributed by atoms with Gasteiger partial charge in [0.2, 0.25) is 5.88 Å². The number of aromatic amines is 1. The highest BCUT2D eigenvalue weighted by Crippen LogP contribution is 2.23. The molecule has 0 radical (unpaired) electrons. The molecule has 2 heterocycles. The predicted octanol–water partition coefficient (Wildman–Crippen LogP) is 3.14. The van der Waals surface area contributed by atoms with Crippen LogP contribution in [0.1, 0.15) is 27.1 Å². The molecule has 0 atom stereocenters. The number of imide groups is 1. The first-order valence-corrected chi connectivity index (χ1v) is 8.43. The Kier molecular flexibility index (Phi) is 4.23. The number of hydrogen-bond donors (Lipinski definition) is 1. The van der Waals surface area contributed by atoms with Crippen molar-refractivity contribution in [2.24, 2.45) is 0 Å². The summed E-state index contributed by atoms with van der Waals surface area (Å²) in [6, 6.07) is 18.6. The van der Waals surface area contributed by atoms with Crippen LogP contribution < -0.4 is 4.74 Å². The Balaban J connectivity index is 1.31. The van der Waals surface area contributed by atoms with Crippen LogP contribution in [0.15, 0.2) is 60.7 Å². The lowest BCUT2D eigenvalue weighted by molar-refractivity contribution is 0.0646. The lowest BCUT2D eigenvalue weighted by Gasteiger charge is -2.13. The van der Waals surface area contributed by atoms with Gasteiger partial charge in [-0.05, 0) is 24.1 Å². The number of rotatable bonds is 6. The Bertz CT molecular complexity index is 915. The van der Waals surface area contributed by atoms with Crippen molar-refractivity contribution < 1.29 is 14.3 Å². The maximum atomic E-state index is 12.3. The molecule has 130 valence electrons. The highest BCUT2D eigenvalue weighted by Gasteiger charge is 2.34. The van der Waals surface area contributed by atoms with E-state index in [1.165, 1.54) is 4.90 Å². The fraction of sp³-hybridized carbons (Fsp3) is 0.150. The fourth-order valence-electron chi connectivity index (χ4n) is 2.98. The Hall–Kier alpha value is -3.41. The lowest BCUT2D eigenvalue weighted by Crippen LogP contribution is -2.31. The highest BCUT2D eigenvalue weighted by atomic mass is 16.5. The Labute approximate surface area is 150 Å². The van der Waals surface area contributed by atoms with Gasteiger partial charge in [-0.15, -0.1) is 5.10 Å². The van der Waals surface area contributed by atoms with Crippen molar-refractivity contribution in [3.63, 3.8) is 0 Å². The van der Waals surface area contributed by atoms with Crippen molar-refractivity contribution in [2.45, 2.75) is 6.42 Å². The molecule has 0 unspecified atom stereocenters. The summed E-state index contributed by atoms with van der Waals surface area (Å²) in [7, 11) is 0. The van der Waals surface area contributed by atoms with Crippen LogP contribution in [-0.4, -0.2) is 40.1 Å². The lowest BCUT2D eigenvalue weighted by atomic mass is 10.1. The largest absolute Gasteiger partial charge is 0.477 e. The van der Waals surface area contributed by atoms with Crippen molar-refractivity contribution in [3.8, 4) is 17.1 Å². The van der Waals surface area contributed by atoms with Gasteiger partial charge in [-0.1, -0.05) is 42.5 Å². The molecule has 0 saturated heterocycles. The van der Waals surface area contributed by atoms with Crippen molar-refractivity contribution >= 4 is 11.8 Å². The van der Waals surface area contributed by atoms with E-state index >= 15 is 0 Å². The van der Waals surface area contributed by atoms with E-state index in [2.05, 4.69) is 10.2 Å². The van der Waals surface area contributed by atoms with Gasteiger partial charge in [0.1, 0.15) is 0 Å². The third-order valence-electron chi connectivity index (χ3n) is 4.29. The molecule has 0 aliphatic carbocycles. The van der Waals surface area contributed by atoms with E-state index in [-0.39, 0.29) is 11.8 Å².